The molecule has 3 aromatic rings. The van der Waals surface area contributed by atoms with E-state index < -0.39 is 17.8 Å². The summed E-state index contributed by atoms with van der Waals surface area (Å²) >= 11 is 0. The minimum absolute atomic E-state index is 0.0641. The Morgan fingerprint density at radius 3 is 2.27 bits per heavy atom. The number of urea groups is 1. The van der Waals surface area contributed by atoms with Crippen LogP contribution in [0.25, 0.3) is 16.8 Å². The minimum atomic E-state index is -0.644. The van der Waals surface area contributed by atoms with Crippen molar-refractivity contribution < 1.29 is 19.1 Å². The quantitative estimate of drug-likeness (QED) is 0.493. The van der Waals surface area contributed by atoms with E-state index in [-0.39, 0.29) is 5.57 Å². The van der Waals surface area contributed by atoms with Crippen LogP contribution in [0.15, 0.2) is 72.3 Å². The molecule has 30 heavy (non-hydrogen) atoms. The minimum Gasteiger partial charge on any atom is -0.489 e. The summed E-state index contributed by atoms with van der Waals surface area (Å²) in [6.07, 6.45) is 1.48. The number of barbiturate groups is 1. The molecule has 1 heterocycles. The Morgan fingerprint density at radius 1 is 0.833 bits per heavy atom. The second-order valence-corrected chi connectivity index (χ2v) is 7.07. The van der Waals surface area contributed by atoms with E-state index in [1.54, 1.807) is 18.2 Å². The van der Waals surface area contributed by atoms with E-state index in [0.717, 1.165) is 26.1 Å². The van der Waals surface area contributed by atoms with Crippen LogP contribution in [0.1, 0.15) is 11.1 Å². The molecule has 6 nitrogen and oxygen atoms in total. The molecule has 4 rings (SSSR count). The number of hydrogen-bond acceptors (Lipinski definition) is 4. The highest BCUT2D eigenvalue weighted by molar-refractivity contribution is 6.30. The molecule has 1 fully saturated rings. The van der Waals surface area contributed by atoms with Crippen molar-refractivity contribution >= 4 is 34.7 Å². The third-order valence-electron chi connectivity index (χ3n) is 5.09. The Labute approximate surface area is 174 Å². The average molecular weight is 400 g/mol. The summed E-state index contributed by atoms with van der Waals surface area (Å²) in [5.41, 5.74) is 1.64. The second-order valence-electron chi connectivity index (χ2n) is 7.07. The number of likely N-dealkylation sites (N-methyl/N-ethyl adjacent to an activating group) is 2. The smallest absolute Gasteiger partial charge is 0.333 e. The highest BCUT2D eigenvalue weighted by Crippen LogP contribution is 2.23. The molecule has 1 aliphatic heterocycles. The predicted octanol–water partition coefficient (Wildman–Crippen LogP) is 3.85. The van der Waals surface area contributed by atoms with Crippen LogP contribution in [0.2, 0.25) is 0 Å². The maximum atomic E-state index is 12.4. The van der Waals surface area contributed by atoms with Crippen molar-refractivity contribution in [2.75, 3.05) is 14.1 Å². The van der Waals surface area contributed by atoms with Gasteiger partial charge in [-0.1, -0.05) is 54.6 Å². The fraction of sp³-hybridized carbons (Fsp3) is 0.125. The Kier molecular flexibility index (Phi) is 5.06. The summed E-state index contributed by atoms with van der Waals surface area (Å²) in [5.74, 6) is -0.624. The van der Waals surface area contributed by atoms with Gasteiger partial charge in [0, 0.05) is 14.1 Å². The van der Waals surface area contributed by atoms with E-state index in [0.29, 0.717) is 17.9 Å². The summed E-state index contributed by atoms with van der Waals surface area (Å²) in [6, 6.07) is 20.7. The Bertz CT molecular complexity index is 1170. The first-order chi connectivity index (χ1) is 14.5. The van der Waals surface area contributed by atoms with Gasteiger partial charge in [-0.2, -0.15) is 0 Å². The fourth-order valence-corrected chi connectivity index (χ4v) is 3.42. The molecule has 0 N–H and O–H groups in total. The predicted molar refractivity (Wildman–Crippen MR) is 114 cm³/mol. The Hall–Kier alpha value is -3.93. The van der Waals surface area contributed by atoms with Crippen LogP contribution in [-0.4, -0.2) is 41.7 Å². The molecule has 1 saturated heterocycles. The third kappa shape index (κ3) is 3.55. The zero-order valence-corrected chi connectivity index (χ0v) is 16.7. The van der Waals surface area contributed by atoms with E-state index >= 15 is 0 Å². The lowest BCUT2D eigenvalue weighted by Gasteiger charge is -2.28. The number of fused-ring (bicyclic) bond motifs is 1. The van der Waals surface area contributed by atoms with Crippen LogP contribution >= 0.6 is 0 Å². The van der Waals surface area contributed by atoms with Gasteiger partial charge in [-0.25, -0.2) is 4.79 Å². The van der Waals surface area contributed by atoms with Crippen molar-refractivity contribution in [2.24, 2.45) is 0 Å². The molecule has 0 saturated carbocycles. The van der Waals surface area contributed by atoms with Gasteiger partial charge in [0.1, 0.15) is 17.9 Å². The molecule has 150 valence electrons. The largest absolute Gasteiger partial charge is 0.489 e. The second kappa shape index (κ2) is 7.83. The molecule has 4 amide bonds. The number of rotatable bonds is 4. The molecule has 6 heteroatoms. The van der Waals surface area contributed by atoms with E-state index in [2.05, 4.69) is 18.2 Å². The van der Waals surface area contributed by atoms with Gasteiger partial charge in [-0.15, -0.1) is 0 Å². The summed E-state index contributed by atoms with van der Waals surface area (Å²) in [4.78, 5) is 38.5. The molecular weight excluding hydrogens is 380 g/mol. The lowest BCUT2D eigenvalue weighted by atomic mass is 10.1. The first-order valence-corrected chi connectivity index (χ1v) is 9.47. The van der Waals surface area contributed by atoms with E-state index in [1.807, 2.05) is 30.3 Å². The lowest BCUT2D eigenvalue weighted by Crippen LogP contribution is -2.52. The summed E-state index contributed by atoms with van der Waals surface area (Å²) in [7, 11) is 2.70. The molecule has 1 aliphatic rings. The maximum Gasteiger partial charge on any atom is 0.333 e. The molecule has 3 aromatic carbocycles. The van der Waals surface area contributed by atoms with Gasteiger partial charge >= 0.3 is 6.03 Å². The van der Waals surface area contributed by atoms with Crippen molar-refractivity contribution in [1.29, 1.82) is 0 Å². The zero-order valence-electron chi connectivity index (χ0n) is 16.7. The van der Waals surface area contributed by atoms with Gasteiger partial charge in [-0.3, -0.25) is 19.4 Å². The van der Waals surface area contributed by atoms with Gasteiger partial charge in [-0.05, 0) is 40.1 Å². The van der Waals surface area contributed by atoms with Crippen LogP contribution < -0.4 is 4.74 Å². The van der Waals surface area contributed by atoms with Crippen LogP contribution in [0.4, 0.5) is 4.79 Å². The first kappa shape index (κ1) is 19.4. The number of carbonyl (C=O) groups is 3. The maximum absolute atomic E-state index is 12.4. The van der Waals surface area contributed by atoms with Gasteiger partial charge in [0.05, 0.1) is 0 Å². The van der Waals surface area contributed by atoms with E-state index in [9.17, 15) is 14.4 Å². The monoisotopic (exact) mass is 400 g/mol. The van der Waals surface area contributed by atoms with Crippen molar-refractivity contribution in [3.63, 3.8) is 0 Å². The van der Waals surface area contributed by atoms with Crippen molar-refractivity contribution in [1.82, 2.24) is 9.80 Å². The number of nitrogens with zero attached hydrogens (tertiary/aromatic N) is 2. The number of imide groups is 2. The molecule has 0 aliphatic carbocycles. The molecule has 0 radical (unpaired) electrons. The highest BCUT2D eigenvalue weighted by Gasteiger charge is 2.37. The first-order valence-electron chi connectivity index (χ1n) is 9.47. The summed E-state index contributed by atoms with van der Waals surface area (Å²) in [5, 5.41) is 2.28. The standard InChI is InChI=1S/C24H20N2O4/c1-25-22(27)21(23(28)26(2)24(25)29)14-16-7-5-11-19(13-16)30-15-18-10-6-9-17-8-3-4-12-20(17)18/h3-14H,15H2,1-2H3. The van der Waals surface area contributed by atoms with Gasteiger partial charge < -0.3 is 4.74 Å². The van der Waals surface area contributed by atoms with Crippen molar-refractivity contribution in [2.45, 2.75) is 6.61 Å². The van der Waals surface area contributed by atoms with Gasteiger partial charge in [0.15, 0.2) is 0 Å². The van der Waals surface area contributed by atoms with E-state index in [4.69, 9.17) is 4.74 Å². The van der Waals surface area contributed by atoms with Gasteiger partial charge in [0.2, 0.25) is 0 Å². The van der Waals surface area contributed by atoms with Crippen LogP contribution in [-0.2, 0) is 16.2 Å². The zero-order chi connectivity index (χ0) is 21.3. The molecule has 0 bridgehead atoms. The molecule has 0 aromatic heterocycles. The highest BCUT2D eigenvalue weighted by atomic mass is 16.5. The number of hydrogen-bond donors (Lipinski definition) is 0. The van der Waals surface area contributed by atoms with Crippen molar-refractivity contribution in [3.8, 4) is 5.75 Å². The molecule has 0 unspecified atom stereocenters. The van der Waals surface area contributed by atoms with Crippen LogP contribution in [0, 0.1) is 0 Å². The molecule has 0 spiro atoms. The average Bonchev–Trinajstić information content (AvgIpc) is 2.78. The Morgan fingerprint density at radius 2 is 1.50 bits per heavy atom. The fourth-order valence-electron chi connectivity index (χ4n) is 3.42. The van der Waals surface area contributed by atoms with Gasteiger partial charge in [0.25, 0.3) is 11.8 Å². The SMILES string of the molecule is CN1C(=O)C(=Cc2cccc(OCc3cccc4ccccc34)c2)C(=O)N(C)C1=O. The normalized spacial score (nSPS) is 14.5. The number of carbonyl (C=O) groups excluding carboxylic acids is 3. The van der Waals surface area contributed by atoms with Crippen LogP contribution in [0.3, 0.4) is 0 Å². The topological polar surface area (TPSA) is 66.9 Å². The number of amides is 4. The number of ether oxygens (including phenoxy) is 1. The lowest BCUT2D eigenvalue weighted by molar-refractivity contribution is -0.134. The number of benzene rings is 3. The van der Waals surface area contributed by atoms with Crippen molar-refractivity contribution in [3.05, 3.63) is 83.4 Å². The summed E-state index contributed by atoms with van der Waals surface area (Å²) < 4.78 is 5.97. The van der Waals surface area contributed by atoms with Crippen LogP contribution in [0.5, 0.6) is 5.75 Å². The molecule has 0 atom stereocenters. The van der Waals surface area contributed by atoms with E-state index in [1.165, 1.54) is 20.2 Å². The summed E-state index contributed by atoms with van der Waals surface area (Å²) in [6.45, 7) is 0.388. The Balaban J connectivity index is 1.57. The molecular formula is C24H20N2O4. The third-order valence-corrected chi connectivity index (χ3v) is 5.09.